The van der Waals surface area contributed by atoms with Crippen LogP contribution in [0.4, 0.5) is 0 Å². The van der Waals surface area contributed by atoms with E-state index >= 15 is 0 Å². The van der Waals surface area contributed by atoms with Gasteiger partial charge in [0.25, 0.3) is 0 Å². The molecule has 2 aromatic heterocycles. The molecule has 0 aliphatic rings. The van der Waals surface area contributed by atoms with Crippen LogP contribution in [0, 0.1) is 0 Å². The van der Waals surface area contributed by atoms with Gasteiger partial charge in [-0.3, -0.25) is 0 Å². The highest BCUT2D eigenvalue weighted by Crippen LogP contribution is 2.45. The molecule has 0 atom stereocenters. The lowest BCUT2D eigenvalue weighted by Gasteiger charge is -2.15. The van der Waals surface area contributed by atoms with E-state index < -0.39 is 0 Å². The summed E-state index contributed by atoms with van der Waals surface area (Å²) in [7, 11) is 0. The van der Waals surface area contributed by atoms with Crippen molar-refractivity contribution in [2.75, 3.05) is 0 Å². The van der Waals surface area contributed by atoms with Gasteiger partial charge in [0, 0.05) is 42.1 Å². The number of thiophene rings is 1. The third kappa shape index (κ3) is 4.86. The van der Waals surface area contributed by atoms with Crippen LogP contribution in [0.3, 0.4) is 0 Å². The smallest absolute Gasteiger partial charge is 0.160 e. The van der Waals surface area contributed by atoms with Gasteiger partial charge in [-0.25, -0.2) is 9.97 Å². The maximum atomic E-state index is 5.27. The van der Waals surface area contributed by atoms with Gasteiger partial charge >= 0.3 is 0 Å². The van der Waals surface area contributed by atoms with Crippen molar-refractivity contribution >= 4 is 74.7 Å². The zero-order chi connectivity index (χ0) is 34.9. The Bertz CT molecular complexity index is 3220. The Hall–Kier alpha value is -6.68. The molecular formula is C50H30N2S. The number of hydrogen-bond acceptors (Lipinski definition) is 3. The molecule has 0 N–H and O–H groups in total. The van der Waals surface area contributed by atoms with Gasteiger partial charge in [0.1, 0.15) is 0 Å². The van der Waals surface area contributed by atoms with Crippen molar-refractivity contribution < 1.29 is 0 Å². The minimum absolute atomic E-state index is 0.714. The van der Waals surface area contributed by atoms with Gasteiger partial charge in [0.05, 0.1) is 11.2 Å². The van der Waals surface area contributed by atoms with Crippen molar-refractivity contribution in [3.63, 3.8) is 0 Å². The summed E-state index contributed by atoms with van der Waals surface area (Å²) in [6.07, 6.45) is 0. The molecule has 0 unspecified atom stereocenters. The molecule has 2 nitrogen and oxygen atoms in total. The second kappa shape index (κ2) is 11.9. The molecule has 0 radical (unpaired) electrons. The second-order valence-electron chi connectivity index (χ2n) is 13.7. The van der Waals surface area contributed by atoms with E-state index in [1.807, 2.05) is 17.4 Å². The molecule has 53 heavy (non-hydrogen) atoms. The minimum Gasteiger partial charge on any atom is -0.228 e. The van der Waals surface area contributed by atoms with Gasteiger partial charge in [-0.2, -0.15) is 0 Å². The quantitative estimate of drug-likeness (QED) is 0.172. The molecule has 0 bridgehead atoms. The molecular weight excluding hydrogens is 661 g/mol. The number of para-hydroxylation sites is 1. The summed E-state index contributed by atoms with van der Waals surface area (Å²) >= 11 is 1.90. The van der Waals surface area contributed by atoms with Crippen molar-refractivity contribution in [2.45, 2.75) is 0 Å². The zero-order valence-corrected chi connectivity index (χ0v) is 29.4. The third-order valence-electron chi connectivity index (χ3n) is 10.6. The molecule has 0 saturated carbocycles. The minimum atomic E-state index is 0.714. The summed E-state index contributed by atoms with van der Waals surface area (Å²) in [5.74, 6) is 0.714. The number of aromatic nitrogens is 2. The van der Waals surface area contributed by atoms with Crippen LogP contribution in [0.5, 0.6) is 0 Å². The van der Waals surface area contributed by atoms with Gasteiger partial charge in [0.2, 0.25) is 0 Å². The van der Waals surface area contributed by atoms with E-state index in [4.69, 9.17) is 9.97 Å². The lowest BCUT2D eigenvalue weighted by Crippen LogP contribution is -1.96. The molecule has 0 aliphatic heterocycles. The van der Waals surface area contributed by atoms with Crippen LogP contribution in [0.1, 0.15) is 0 Å². The third-order valence-corrected chi connectivity index (χ3v) is 11.8. The van der Waals surface area contributed by atoms with Crippen molar-refractivity contribution in [2.24, 2.45) is 0 Å². The fourth-order valence-electron chi connectivity index (χ4n) is 8.14. The summed E-state index contributed by atoms with van der Waals surface area (Å²) in [5.41, 5.74) is 8.51. The van der Waals surface area contributed by atoms with Gasteiger partial charge in [-0.05, 0) is 85.6 Å². The lowest BCUT2D eigenvalue weighted by atomic mass is 9.90. The van der Waals surface area contributed by atoms with Gasteiger partial charge < -0.3 is 0 Å². The van der Waals surface area contributed by atoms with E-state index in [-0.39, 0.29) is 0 Å². The average Bonchev–Trinajstić information content (AvgIpc) is 3.62. The monoisotopic (exact) mass is 690 g/mol. The fraction of sp³-hybridized carbons (Fsp3) is 0. The predicted octanol–water partition coefficient (Wildman–Crippen LogP) is 14.1. The topological polar surface area (TPSA) is 25.8 Å². The molecule has 0 amide bonds. The van der Waals surface area contributed by atoms with E-state index in [2.05, 4.69) is 176 Å². The average molecular weight is 691 g/mol. The first-order chi connectivity index (χ1) is 26.3. The number of nitrogens with zero attached hydrogens (tertiary/aromatic N) is 2. The van der Waals surface area contributed by atoms with Crippen LogP contribution in [0.15, 0.2) is 182 Å². The number of benzene rings is 9. The summed E-state index contributed by atoms with van der Waals surface area (Å²) in [4.78, 5) is 10.4. The number of rotatable bonds is 4. The van der Waals surface area contributed by atoms with E-state index in [9.17, 15) is 0 Å². The first kappa shape index (κ1) is 30.0. The highest BCUT2D eigenvalue weighted by Gasteiger charge is 2.17. The molecule has 0 aliphatic carbocycles. The molecule has 11 rings (SSSR count). The second-order valence-corrected chi connectivity index (χ2v) is 14.8. The van der Waals surface area contributed by atoms with Crippen LogP contribution in [0.2, 0.25) is 0 Å². The standard InChI is InChI=1S/C50H30N2S/c1-3-13-31(14-4-1)34-27-35(29-36(28-34)50-51-45-21-11-9-20-43(45)48(52-50)32-15-5-2-6-16-32)33-23-24-41-44(30-33)38-18-8-7-17-37(38)40-25-26-42-39-19-10-12-22-46(39)53-49(42)47(40)41/h1-30H. The Labute approximate surface area is 310 Å². The normalized spacial score (nSPS) is 11.8. The Balaban J connectivity index is 1.18. The van der Waals surface area contributed by atoms with E-state index in [1.165, 1.54) is 52.5 Å². The SMILES string of the molecule is c1ccc(-c2cc(-c3ccc4c(c3)c3ccccc3c3ccc5c6ccccc6sc5c34)cc(-c3nc(-c4ccccc4)c4ccccc4n3)c2)cc1. The van der Waals surface area contributed by atoms with Crippen LogP contribution in [-0.2, 0) is 0 Å². The molecule has 0 fully saturated rings. The van der Waals surface area contributed by atoms with Crippen LogP contribution < -0.4 is 0 Å². The first-order valence-corrected chi connectivity index (χ1v) is 18.8. The van der Waals surface area contributed by atoms with Gasteiger partial charge in [0.15, 0.2) is 5.82 Å². The molecule has 9 aromatic carbocycles. The van der Waals surface area contributed by atoms with E-state index in [1.54, 1.807) is 0 Å². The largest absolute Gasteiger partial charge is 0.228 e. The van der Waals surface area contributed by atoms with Gasteiger partial charge in [-0.1, -0.05) is 146 Å². The zero-order valence-electron chi connectivity index (χ0n) is 28.6. The number of hydrogen-bond donors (Lipinski definition) is 0. The Morgan fingerprint density at radius 1 is 0.321 bits per heavy atom. The van der Waals surface area contributed by atoms with Crippen molar-refractivity contribution in [1.29, 1.82) is 0 Å². The van der Waals surface area contributed by atoms with Crippen LogP contribution in [-0.4, -0.2) is 9.97 Å². The summed E-state index contributed by atoms with van der Waals surface area (Å²) in [6.45, 7) is 0. The molecule has 0 spiro atoms. The van der Waals surface area contributed by atoms with Crippen molar-refractivity contribution in [1.82, 2.24) is 9.97 Å². The summed E-state index contributed by atoms with van der Waals surface area (Å²) in [6, 6.07) is 65.5. The Kier molecular flexibility index (Phi) is 6.76. The Morgan fingerprint density at radius 3 is 1.68 bits per heavy atom. The van der Waals surface area contributed by atoms with Crippen molar-refractivity contribution in [3.8, 4) is 44.9 Å². The lowest BCUT2D eigenvalue weighted by molar-refractivity contribution is 1.23. The molecule has 3 heteroatoms. The van der Waals surface area contributed by atoms with Crippen molar-refractivity contribution in [3.05, 3.63) is 182 Å². The van der Waals surface area contributed by atoms with Gasteiger partial charge in [-0.15, -0.1) is 11.3 Å². The first-order valence-electron chi connectivity index (χ1n) is 18.0. The molecule has 11 aromatic rings. The predicted molar refractivity (Wildman–Crippen MR) is 227 cm³/mol. The van der Waals surface area contributed by atoms with E-state index in [0.29, 0.717) is 5.82 Å². The number of fused-ring (bicyclic) bond motifs is 11. The van der Waals surface area contributed by atoms with Crippen LogP contribution >= 0.6 is 11.3 Å². The molecule has 0 saturated heterocycles. The maximum Gasteiger partial charge on any atom is 0.160 e. The Morgan fingerprint density at radius 2 is 0.887 bits per heavy atom. The molecule has 246 valence electrons. The highest BCUT2D eigenvalue weighted by atomic mass is 32.1. The summed E-state index contributed by atoms with van der Waals surface area (Å²) in [5, 5.41) is 11.4. The molecule has 2 heterocycles. The fourth-order valence-corrected chi connectivity index (χ4v) is 9.41. The van der Waals surface area contributed by atoms with Crippen LogP contribution in [0.25, 0.3) is 108 Å². The summed E-state index contributed by atoms with van der Waals surface area (Å²) < 4.78 is 2.67. The highest BCUT2D eigenvalue weighted by molar-refractivity contribution is 7.26. The maximum absolute atomic E-state index is 5.27. The van der Waals surface area contributed by atoms with E-state index in [0.717, 1.165) is 50.0 Å².